The number of H-pyrrole nitrogens is 1. The zero-order chi connectivity index (χ0) is 13.9. The normalized spacial score (nSPS) is 18.2. The van der Waals surface area contributed by atoms with Crippen LogP contribution in [0, 0.1) is 12.8 Å². The molecule has 20 heavy (non-hydrogen) atoms. The van der Waals surface area contributed by atoms with Gasteiger partial charge in [0.15, 0.2) is 11.6 Å². The van der Waals surface area contributed by atoms with E-state index >= 15 is 0 Å². The smallest absolute Gasteiger partial charge is 0.230 e. The Morgan fingerprint density at radius 1 is 1.55 bits per heavy atom. The molecule has 1 aliphatic rings. The Morgan fingerprint density at radius 2 is 2.45 bits per heavy atom. The average Bonchev–Trinajstić information content (AvgIpc) is 3.09. The molecule has 0 spiro atoms. The van der Waals surface area contributed by atoms with Crippen LogP contribution >= 0.6 is 0 Å². The molecular weight excluding hydrogens is 256 g/mol. The molecule has 2 N–H and O–H groups in total. The first-order valence-electron chi connectivity index (χ1n) is 6.58. The molecule has 1 unspecified atom stereocenters. The second-order valence-corrected chi connectivity index (χ2v) is 4.94. The summed E-state index contributed by atoms with van der Waals surface area (Å²) in [6, 6.07) is 5.57. The van der Waals surface area contributed by atoms with Gasteiger partial charge in [0.2, 0.25) is 5.91 Å². The van der Waals surface area contributed by atoms with E-state index in [0.717, 1.165) is 24.5 Å². The Morgan fingerprint density at radius 3 is 3.15 bits per heavy atom. The molecule has 2 aromatic rings. The molecule has 0 saturated carbocycles. The molecule has 104 valence electrons. The first kappa shape index (κ1) is 12.6. The summed E-state index contributed by atoms with van der Waals surface area (Å²) in [5.74, 6) is 1.35. The molecule has 7 nitrogen and oxygen atoms in total. The van der Waals surface area contributed by atoms with Crippen molar-refractivity contribution in [2.75, 3.05) is 23.3 Å². The van der Waals surface area contributed by atoms with Crippen molar-refractivity contribution in [2.24, 2.45) is 5.92 Å². The summed E-state index contributed by atoms with van der Waals surface area (Å²) in [4.78, 5) is 14.2. The van der Waals surface area contributed by atoms with Crippen LogP contribution in [0.4, 0.5) is 11.6 Å². The Labute approximate surface area is 116 Å². The number of rotatable bonds is 3. The van der Waals surface area contributed by atoms with E-state index in [2.05, 4.69) is 30.6 Å². The highest BCUT2D eigenvalue weighted by molar-refractivity contribution is 5.92. The molecular formula is C13H16N6O. The topological polar surface area (TPSA) is 86.8 Å². The van der Waals surface area contributed by atoms with Crippen LogP contribution in [0.3, 0.4) is 0 Å². The van der Waals surface area contributed by atoms with Crippen molar-refractivity contribution in [3.63, 3.8) is 0 Å². The van der Waals surface area contributed by atoms with Crippen LogP contribution in [-0.2, 0) is 4.79 Å². The zero-order valence-corrected chi connectivity index (χ0v) is 11.2. The largest absolute Gasteiger partial charge is 0.354 e. The van der Waals surface area contributed by atoms with Gasteiger partial charge in [0.05, 0.1) is 5.92 Å². The average molecular weight is 272 g/mol. The van der Waals surface area contributed by atoms with Crippen LogP contribution in [0.1, 0.15) is 12.1 Å². The molecule has 1 saturated heterocycles. The lowest BCUT2D eigenvalue weighted by Crippen LogP contribution is -2.27. The van der Waals surface area contributed by atoms with Crippen LogP contribution in [0.25, 0.3) is 0 Å². The SMILES string of the molecule is Cc1cc(NC(=O)C2CCN(c3cccnn3)C2)n[nH]1. The van der Waals surface area contributed by atoms with Gasteiger partial charge in [0.25, 0.3) is 0 Å². The minimum absolute atomic E-state index is 0.00268. The van der Waals surface area contributed by atoms with Gasteiger partial charge < -0.3 is 10.2 Å². The van der Waals surface area contributed by atoms with Crippen molar-refractivity contribution in [3.8, 4) is 0 Å². The highest BCUT2D eigenvalue weighted by atomic mass is 16.2. The van der Waals surface area contributed by atoms with E-state index in [1.165, 1.54) is 0 Å². The summed E-state index contributed by atoms with van der Waals surface area (Å²) < 4.78 is 0. The fourth-order valence-electron chi connectivity index (χ4n) is 2.35. The maximum Gasteiger partial charge on any atom is 0.230 e. The molecule has 1 fully saturated rings. The van der Waals surface area contributed by atoms with Crippen LogP contribution in [0.15, 0.2) is 24.4 Å². The fraction of sp³-hybridized carbons (Fsp3) is 0.385. The number of nitrogens with zero attached hydrogens (tertiary/aromatic N) is 4. The van der Waals surface area contributed by atoms with E-state index in [1.807, 2.05) is 25.1 Å². The third kappa shape index (κ3) is 2.61. The molecule has 3 rings (SSSR count). The molecule has 7 heteroatoms. The summed E-state index contributed by atoms with van der Waals surface area (Å²) in [6.45, 7) is 3.37. The minimum Gasteiger partial charge on any atom is -0.354 e. The lowest BCUT2D eigenvalue weighted by Gasteiger charge is -2.16. The number of hydrogen-bond donors (Lipinski definition) is 2. The van der Waals surface area contributed by atoms with Crippen LogP contribution in [0.2, 0.25) is 0 Å². The van der Waals surface area contributed by atoms with Crippen molar-refractivity contribution >= 4 is 17.5 Å². The summed E-state index contributed by atoms with van der Waals surface area (Å²) in [7, 11) is 0. The molecule has 3 heterocycles. The Kier molecular flexibility index (Phi) is 3.32. The van der Waals surface area contributed by atoms with E-state index < -0.39 is 0 Å². The van der Waals surface area contributed by atoms with Gasteiger partial charge in [-0.15, -0.1) is 5.10 Å². The van der Waals surface area contributed by atoms with Crippen LogP contribution in [0.5, 0.6) is 0 Å². The number of carbonyl (C=O) groups is 1. The number of aromatic nitrogens is 4. The Balaban J connectivity index is 1.61. The molecule has 0 aliphatic carbocycles. The number of carbonyl (C=O) groups excluding carboxylic acids is 1. The van der Waals surface area contributed by atoms with Gasteiger partial charge in [-0.05, 0) is 25.5 Å². The molecule has 2 aromatic heterocycles. The van der Waals surface area contributed by atoms with Gasteiger partial charge in [-0.2, -0.15) is 10.2 Å². The van der Waals surface area contributed by atoms with Gasteiger partial charge in [-0.3, -0.25) is 9.89 Å². The lowest BCUT2D eigenvalue weighted by atomic mass is 10.1. The van der Waals surface area contributed by atoms with Crippen molar-refractivity contribution in [1.29, 1.82) is 0 Å². The highest BCUT2D eigenvalue weighted by Crippen LogP contribution is 2.22. The number of nitrogens with one attached hydrogen (secondary N) is 2. The van der Waals surface area contributed by atoms with Gasteiger partial charge in [0.1, 0.15) is 0 Å². The van der Waals surface area contributed by atoms with Gasteiger partial charge in [0, 0.05) is 31.0 Å². The van der Waals surface area contributed by atoms with Crippen molar-refractivity contribution in [1.82, 2.24) is 20.4 Å². The van der Waals surface area contributed by atoms with Crippen molar-refractivity contribution in [3.05, 3.63) is 30.1 Å². The zero-order valence-electron chi connectivity index (χ0n) is 11.2. The summed E-state index contributed by atoms with van der Waals surface area (Å²) in [5.41, 5.74) is 0.924. The Bertz CT molecular complexity index is 596. The fourth-order valence-corrected chi connectivity index (χ4v) is 2.35. The third-order valence-corrected chi connectivity index (χ3v) is 3.40. The number of aromatic amines is 1. The third-order valence-electron chi connectivity index (χ3n) is 3.40. The van der Waals surface area contributed by atoms with Crippen molar-refractivity contribution < 1.29 is 4.79 Å². The monoisotopic (exact) mass is 272 g/mol. The molecule has 1 atom stereocenters. The summed E-state index contributed by atoms with van der Waals surface area (Å²) in [5, 5.41) is 17.6. The van der Waals surface area contributed by atoms with E-state index in [-0.39, 0.29) is 11.8 Å². The van der Waals surface area contributed by atoms with Crippen LogP contribution < -0.4 is 10.2 Å². The number of anilines is 2. The van der Waals surface area contributed by atoms with Gasteiger partial charge >= 0.3 is 0 Å². The second kappa shape index (κ2) is 5.28. The van der Waals surface area contributed by atoms with Crippen LogP contribution in [-0.4, -0.2) is 39.4 Å². The minimum atomic E-state index is -0.0472. The molecule has 0 radical (unpaired) electrons. The predicted molar refractivity (Wildman–Crippen MR) is 74.3 cm³/mol. The first-order chi connectivity index (χ1) is 9.72. The molecule has 1 aliphatic heterocycles. The highest BCUT2D eigenvalue weighted by Gasteiger charge is 2.29. The number of aryl methyl sites for hydroxylation is 1. The standard InChI is InChI=1S/C13H16N6O/c1-9-7-11(17-16-9)15-13(20)10-4-6-19(8-10)12-3-2-5-14-18-12/h2-3,5,7,10H,4,6,8H2,1H3,(H2,15,16,17,20). The maximum absolute atomic E-state index is 12.2. The van der Waals surface area contributed by atoms with E-state index in [0.29, 0.717) is 12.4 Å². The molecule has 1 amide bonds. The second-order valence-electron chi connectivity index (χ2n) is 4.94. The number of amides is 1. The first-order valence-corrected chi connectivity index (χ1v) is 6.58. The van der Waals surface area contributed by atoms with E-state index in [1.54, 1.807) is 6.20 Å². The van der Waals surface area contributed by atoms with Gasteiger partial charge in [-0.1, -0.05) is 0 Å². The Hall–Kier alpha value is -2.44. The number of hydrogen-bond acceptors (Lipinski definition) is 5. The lowest BCUT2D eigenvalue weighted by molar-refractivity contribution is -0.119. The van der Waals surface area contributed by atoms with E-state index in [4.69, 9.17) is 0 Å². The van der Waals surface area contributed by atoms with Crippen molar-refractivity contribution in [2.45, 2.75) is 13.3 Å². The predicted octanol–water partition coefficient (Wildman–Crippen LogP) is 0.973. The molecule has 0 aromatic carbocycles. The quantitative estimate of drug-likeness (QED) is 0.869. The summed E-state index contributed by atoms with van der Waals surface area (Å²) in [6.07, 6.45) is 2.45. The van der Waals surface area contributed by atoms with E-state index in [9.17, 15) is 4.79 Å². The summed E-state index contributed by atoms with van der Waals surface area (Å²) >= 11 is 0. The van der Waals surface area contributed by atoms with Gasteiger partial charge in [-0.25, -0.2) is 0 Å². The maximum atomic E-state index is 12.2. The molecule has 0 bridgehead atoms.